The minimum absolute atomic E-state index is 0.130. The van der Waals surface area contributed by atoms with Gasteiger partial charge in [-0.15, -0.1) is 0 Å². The van der Waals surface area contributed by atoms with E-state index in [4.69, 9.17) is 33.0 Å². The molecule has 4 aromatic rings. The summed E-state index contributed by atoms with van der Waals surface area (Å²) in [6.45, 7) is 3.41. The number of aryl methyl sites for hydroxylation is 1. The first-order valence-corrected chi connectivity index (χ1v) is 13.2. The van der Waals surface area contributed by atoms with Crippen LogP contribution in [0.3, 0.4) is 0 Å². The van der Waals surface area contributed by atoms with Crippen molar-refractivity contribution in [2.45, 2.75) is 32.6 Å². The SMILES string of the molecule is CCc1ccc(Cl)cc1.CN(C=O)CCc1c(Cc2ccc(OCCCO)cc2)[nH]c2ccc(Cl)cc12. The summed E-state index contributed by atoms with van der Waals surface area (Å²) >= 11 is 11.9. The van der Waals surface area contributed by atoms with E-state index in [9.17, 15) is 4.79 Å². The molecular weight excluding hydrogens is 507 g/mol. The van der Waals surface area contributed by atoms with Crippen LogP contribution in [0.15, 0.2) is 66.7 Å². The number of nitrogens with one attached hydrogen (secondary N) is 1. The molecule has 0 saturated heterocycles. The van der Waals surface area contributed by atoms with Crippen LogP contribution < -0.4 is 4.74 Å². The molecule has 2 N–H and O–H groups in total. The van der Waals surface area contributed by atoms with Crippen molar-refractivity contribution in [2.75, 3.05) is 26.8 Å². The topological polar surface area (TPSA) is 65.6 Å². The van der Waals surface area contributed by atoms with Crippen molar-refractivity contribution in [1.82, 2.24) is 9.88 Å². The van der Waals surface area contributed by atoms with Gasteiger partial charge < -0.3 is 19.7 Å². The lowest BCUT2D eigenvalue weighted by Crippen LogP contribution is -2.19. The molecule has 0 bridgehead atoms. The van der Waals surface area contributed by atoms with Gasteiger partial charge in [0.1, 0.15) is 5.75 Å². The van der Waals surface area contributed by atoms with Gasteiger partial charge in [-0.1, -0.05) is 54.4 Å². The fourth-order valence-electron chi connectivity index (χ4n) is 3.94. The molecule has 0 atom stereocenters. The second-order valence-corrected chi connectivity index (χ2v) is 9.71. The lowest BCUT2D eigenvalue weighted by Gasteiger charge is -2.12. The Kier molecular flexibility index (Phi) is 11.3. The highest BCUT2D eigenvalue weighted by atomic mass is 35.5. The number of ether oxygens (including phenoxy) is 1. The number of benzene rings is 3. The molecule has 4 rings (SSSR count). The zero-order valence-corrected chi connectivity index (χ0v) is 22.9. The summed E-state index contributed by atoms with van der Waals surface area (Å²) in [6.07, 6.45) is 4.06. The van der Waals surface area contributed by atoms with E-state index in [0.717, 1.165) is 58.6 Å². The van der Waals surface area contributed by atoms with Crippen LogP contribution in [-0.2, 0) is 24.1 Å². The van der Waals surface area contributed by atoms with Gasteiger partial charge in [-0.25, -0.2) is 0 Å². The minimum Gasteiger partial charge on any atom is -0.494 e. The van der Waals surface area contributed by atoms with Gasteiger partial charge in [-0.2, -0.15) is 0 Å². The first kappa shape index (κ1) is 28.6. The third-order valence-electron chi connectivity index (χ3n) is 6.05. The quantitative estimate of drug-likeness (QED) is 0.164. The minimum atomic E-state index is 0.130. The lowest BCUT2D eigenvalue weighted by atomic mass is 10.0. The van der Waals surface area contributed by atoms with Crippen LogP contribution in [0.25, 0.3) is 10.9 Å². The highest BCUT2D eigenvalue weighted by molar-refractivity contribution is 6.31. The molecular formula is C30H34Cl2N2O3. The fourth-order valence-corrected chi connectivity index (χ4v) is 4.23. The van der Waals surface area contributed by atoms with Crippen molar-refractivity contribution in [3.8, 4) is 5.75 Å². The number of rotatable bonds is 11. The molecule has 0 aliphatic heterocycles. The number of aromatic nitrogens is 1. The molecule has 0 spiro atoms. The van der Waals surface area contributed by atoms with Crippen molar-refractivity contribution < 1.29 is 14.6 Å². The molecule has 0 saturated carbocycles. The number of fused-ring (bicyclic) bond motifs is 1. The zero-order chi connectivity index (χ0) is 26.6. The summed E-state index contributed by atoms with van der Waals surface area (Å²) in [6, 6.07) is 21.8. The summed E-state index contributed by atoms with van der Waals surface area (Å²) in [7, 11) is 1.78. The number of aromatic amines is 1. The zero-order valence-electron chi connectivity index (χ0n) is 21.3. The first-order valence-electron chi connectivity index (χ1n) is 12.4. The monoisotopic (exact) mass is 540 g/mol. The van der Waals surface area contributed by atoms with Crippen molar-refractivity contribution in [3.63, 3.8) is 0 Å². The number of aliphatic hydroxyl groups excluding tert-OH is 1. The third-order valence-corrected chi connectivity index (χ3v) is 6.54. The van der Waals surface area contributed by atoms with Gasteiger partial charge in [0.05, 0.1) is 6.61 Å². The normalized spacial score (nSPS) is 10.6. The number of amides is 1. The number of carbonyl (C=O) groups excluding carboxylic acids is 1. The average molecular weight is 542 g/mol. The van der Waals surface area contributed by atoms with Gasteiger partial charge in [0.2, 0.25) is 6.41 Å². The third kappa shape index (κ3) is 8.81. The number of likely N-dealkylation sites (N-methyl/N-ethyl adjacent to an activating group) is 1. The summed E-state index contributed by atoms with van der Waals surface area (Å²) in [5.41, 5.74) is 5.86. The van der Waals surface area contributed by atoms with Gasteiger partial charge in [-0.05, 0) is 72.0 Å². The first-order chi connectivity index (χ1) is 17.9. The molecule has 7 heteroatoms. The molecule has 0 unspecified atom stereocenters. The Morgan fingerprint density at radius 3 is 2.30 bits per heavy atom. The predicted molar refractivity (Wildman–Crippen MR) is 153 cm³/mol. The molecule has 1 amide bonds. The Balaban J connectivity index is 0.000000356. The van der Waals surface area contributed by atoms with Gasteiger partial charge in [-0.3, -0.25) is 4.79 Å². The van der Waals surface area contributed by atoms with E-state index in [1.54, 1.807) is 11.9 Å². The van der Waals surface area contributed by atoms with E-state index in [1.807, 2.05) is 66.7 Å². The maximum atomic E-state index is 11.0. The fraction of sp³-hybridized carbons (Fsp3) is 0.300. The Labute approximate surface area is 229 Å². The molecule has 1 aromatic heterocycles. The highest BCUT2D eigenvalue weighted by Crippen LogP contribution is 2.28. The molecule has 1 heterocycles. The van der Waals surface area contributed by atoms with Gasteiger partial charge >= 0.3 is 0 Å². The maximum absolute atomic E-state index is 11.0. The Morgan fingerprint density at radius 2 is 1.65 bits per heavy atom. The number of nitrogens with zero attached hydrogens (tertiary/aromatic N) is 1. The number of hydrogen-bond donors (Lipinski definition) is 2. The van der Waals surface area contributed by atoms with Gasteiger partial charge in [0, 0.05) is 59.7 Å². The van der Waals surface area contributed by atoms with E-state index < -0.39 is 0 Å². The van der Waals surface area contributed by atoms with Crippen LogP contribution in [-0.4, -0.2) is 48.2 Å². The number of H-pyrrole nitrogens is 1. The van der Waals surface area contributed by atoms with Crippen LogP contribution in [0.1, 0.15) is 35.7 Å². The molecule has 0 aliphatic carbocycles. The summed E-state index contributed by atoms with van der Waals surface area (Å²) < 4.78 is 5.59. The molecule has 196 valence electrons. The van der Waals surface area contributed by atoms with Crippen molar-refractivity contribution in [1.29, 1.82) is 0 Å². The van der Waals surface area contributed by atoms with E-state index in [1.165, 1.54) is 11.1 Å². The molecule has 0 aliphatic rings. The van der Waals surface area contributed by atoms with Crippen molar-refractivity contribution in [2.24, 2.45) is 0 Å². The Hall–Kier alpha value is -2.99. The Bertz CT molecular complexity index is 1250. The van der Waals surface area contributed by atoms with Crippen LogP contribution >= 0.6 is 23.2 Å². The number of halogens is 2. The standard InChI is InChI=1S/C22H25ClN2O3.C8H9Cl/c1-25(15-27)10-9-19-20-14-17(23)5-8-21(20)24-22(19)13-16-3-6-18(7-4-16)28-12-2-11-26;1-2-7-3-5-8(9)6-4-7/h3-8,14-15,24,26H,2,9-13H2,1H3;3-6H,2H2,1H3. The molecule has 0 fully saturated rings. The number of hydrogen-bond acceptors (Lipinski definition) is 3. The lowest BCUT2D eigenvalue weighted by molar-refractivity contribution is -0.116. The smallest absolute Gasteiger partial charge is 0.209 e. The predicted octanol–water partition coefficient (Wildman–Crippen LogP) is 6.71. The number of aliphatic hydroxyl groups is 1. The highest BCUT2D eigenvalue weighted by Gasteiger charge is 2.13. The van der Waals surface area contributed by atoms with Gasteiger partial charge in [0.15, 0.2) is 0 Å². The van der Waals surface area contributed by atoms with E-state index in [2.05, 4.69) is 11.9 Å². The summed E-state index contributed by atoms with van der Waals surface area (Å²) in [5.74, 6) is 0.799. The molecule has 5 nitrogen and oxygen atoms in total. The van der Waals surface area contributed by atoms with E-state index in [0.29, 0.717) is 24.6 Å². The Morgan fingerprint density at radius 1 is 0.973 bits per heavy atom. The van der Waals surface area contributed by atoms with E-state index >= 15 is 0 Å². The van der Waals surface area contributed by atoms with Crippen LogP contribution in [0.5, 0.6) is 5.75 Å². The van der Waals surface area contributed by atoms with Crippen molar-refractivity contribution >= 4 is 40.5 Å². The van der Waals surface area contributed by atoms with Crippen molar-refractivity contribution in [3.05, 3.63) is 99.2 Å². The second-order valence-electron chi connectivity index (χ2n) is 8.83. The van der Waals surface area contributed by atoms with Crippen LogP contribution in [0, 0.1) is 0 Å². The average Bonchev–Trinajstić information content (AvgIpc) is 3.25. The molecule has 37 heavy (non-hydrogen) atoms. The van der Waals surface area contributed by atoms with Gasteiger partial charge in [0.25, 0.3) is 0 Å². The maximum Gasteiger partial charge on any atom is 0.209 e. The number of carbonyl (C=O) groups is 1. The second kappa shape index (κ2) is 14.7. The molecule has 0 radical (unpaired) electrons. The summed E-state index contributed by atoms with van der Waals surface area (Å²) in [5, 5.41) is 11.5. The van der Waals surface area contributed by atoms with Crippen LogP contribution in [0.4, 0.5) is 0 Å². The van der Waals surface area contributed by atoms with E-state index in [-0.39, 0.29) is 6.61 Å². The summed E-state index contributed by atoms with van der Waals surface area (Å²) in [4.78, 5) is 16.1. The molecule has 3 aromatic carbocycles. The van der Waals surface area contributed by atoms with Crippen LogP contribution in [0.2, 0.25) is 10.0 Å². The largest absolute Gasteiger partial charge is 0.494 e.